The number of ketones is 1. The lowest BCUT2D eigenvalue weighted by molar-refractivity contribution is 0.0989. The Bertz CT molecular complexity index is 656. The zero-order valence-corrected chi connectivity index (χ0v) is 12.1. The summed E-state index contributed by atoms with van der Waals surface area (Å²) in [5.74, 6) is -0.563. The molecule has 104 valence electrons. The zero-order chi connectivity index (χ0) is 14.7. The van der Waals surface area contributed by atoms with Gasteiger partial charge in [0, 0.05) is 12.5 Å². The van der Waals surface area contributed by atoms with E-state index in [0.29, 0.717) is 21.4 Å². The van der Waals surface area contributed by atoms with Crippen molar-refractivity contribution in [2.75, 3.05) is 7.11 Å². The SMILES string of the molecule is COc1ccc(C(=O)Cc2ccc(Cl)c(Cl)c2)c(F)c1. The number of carbonyl (C=O) groups excluding carboxylic acids is 1. The van der Waals surface area contributed by atoms with Crippen LogP contribution < -0.4 is 4.74 Å². The van der Waals surface area contributed by atoms with E-state index in [1.807, 2.05) is 0 Å². The molecule has 0 saturated heterocycles. The predicted molar refractivity (Wildman–Crippen MR) is 77.4 cm³/mol. The Kier molecular flexibility index (Phi) is 4.63. The summed E-state index contributed by atoms with van der Waals surface area (Å²) < 4.78 is 18.7. The highest BCUT2D eigenvalue weighted by Gasteiger charge is 2.13. The van der Waals surface area contributed by atoms with Crippen molar-refractivity contribution in [1.82, 2.24) is 0 Å². The van der Waals surface area contributed by atoms with E-state index >= 15 is 0 Å². The summed E-state index contributed by atoms with van der Waals surface area (Å²) in [5, 5.41) is 0.783. The molecule has 2 aromatic carbocycles. The summed E-state index contributed by atoms with van der Waals surface area (Å²) in [4.78, 5) is 12.1. The Morgan fingerprint density at radius 3 is 2.50 bits per heavy atom. The van der Waals surface area contributed by atoms with E-state index in [0.717, 1.165) is 0 Å². The van der Waals surface area contributed by atoms with Crippen LogP contribution >= 0.6 is 23.2 Å². The minimum Gasteiger partial charge on any atom is -0.497 e. The molecule has 0 aliphatic heterocycles. The van der Waals surface area contributed by atoms with Crippen LogP contribution in [0.5, 0.6) is 5.75 Å². The molecule has 0 heterocycles. The van der Waals surface area contributed by atoms with E-state index in [1.165, 1.54) is 19.2 Å². The van der Waals surface area contributed by atoms with E-state index in [9.17, 15) is 9.18 Å². The van der Waals surface area contributed by atoms with Gasteiger partial charge in [-0.25, -0.2) is 4.39 Å². The zero-order valence-electron chi connectivity index (χ0n) is 10.6. The van der Waals surface area contributed by atoms with Gasteiger partial charge in [-0.05, 0) is 29.8 Å². The second-order valence-electron chi connectivity index (χ2n) is 4.19. The normalized spacial score (nSPS) is 10.4. The molecule has 20 heavy (non-hydrogen) atoms. The maximum absolute atomic E-state index is 13.8. The molecule has 0 radical (unpaired) electrons. The molecular weight excluding hydrogens is 302 g/mol. The molecule has 2 aromatic rings. The summed E-state index contributed by atoms with van der Waals surface area (Å²) >= 11 is 11.7. The monoisotopic (exact) mass is 312 g/mol. The lowest BCUT2D eigenvalue weighted by atomic mass is 10.0. The molecule has 0 unspecified atom stereocenters. The number of rotatable bonds is 4. The molecular formula is C15H11Cl2FO2. The third-order valence-corrected chi connectivity index (χ3v) is 3.56. The number of ether oxygens (including phenoxy) is 1. The van der Waals surface area contributed by atoms with Gasteiger partial charge in [0.05, 0.1) is 22.7 Å². The second kappa shape index (κ2) is 6.25. The van der Waals surface area contributed by atoms with Crippen molar-refractivity contribution in [1.29, 1.82) is 0 Å². The number of hydrogen-bond donors (Lipinski definition) is 0. The Hall–Kier alpha value is -1.58. The van der Waals surface area contributed by atoms with Gasteiger partial charge in [-0.15, -0.1) is 0 Å². The van der Waals surface area contributed by atoms with Crippen LogP contribution in [-0.4, -0.2) is 12.9 Å². The van der Waals surface area contributed by atoms with Gasteiger partial charge in [0.2, 0.25) is 0 Å². The van der Waals surface area contributed by atoms with Crippen molar-refractivity contribution in [3.05, 3.63) is 63.4 Å². The fourth-order valence-electron chi connectivity index (χ4n) is 1.78. The van der Waals surface area contributed by atoms with Crippen molar-refractivity contribution in [3.8, 4) is 5.75 Å². The highest BCUT2D eigenvalue weighted by Crippen LogP contribution is 2.24. The molecule has 2 nitrogen and oxygen atoms in total. The smallest absolute Gasteiger partial charge is 0.170 e. The fourth-order valence-corrected chi connectivity index (χ4v) is 2.10. The quantitative estimate of drug-likeness (QED) is 0.773. The molecule has 0 fully saturated rings. The van der Waals surface area contributed by atoms with Gasteiger partial charge in [-0.3, -0.25) is 4.79 Å². The number of hydrogen-bond acceptors (Lipinski definition) is 2. The standard InChI is InChI=1S/C15H11Cl2FO2/c1-20-10-3-4-11(14(18)8-10)15(19)7-9-2-5-12(16)13(17)6-9/h2-6,8H,7H2,1H3. The lowest BCUT2D eigenvalue weighted by Gasteiger charge is -2.06. The molecule has 0 aliphatic carbocycles. The third kappa shape index (κ3) is 3.30. The summed E-state index contributed by atoms with van der Waals surface area (Å²) in [6.45, 7) is 0. The first-order valence-corrected chi connectivity index (χ1v) is 6.57. The van der Waals surface area contributed by atoms with Crippen LogP contribution in [0.15, 0.2) is 36.4 Å². The van der Waals surface area contributed by atoms with Crippen LogP contribution in [0.4, 0.5) is 4.39 Å². The minimum absolute atomic E-state index is 0.0249. The van der Waals surface area contributed by atoms with Gasteiger partial charge in [0.15, 0.2) is 5.78 Å². The number of carbonyl (C=O) groups is 1. The van der Waals surface area contributed by atoms with Gasteiger partial charge in [0.25, 0.3) is 0 Å². The van der Waals surface area contributed by atoms with E-state index in [2.05, 4.69) is 0 Å². The van der Waals surface area contributed by atoms with Crippen LogP contribution in [-0.2, 0) is 6.42 Å². The molecule has 0 spiro atoms. The Labute approximate surface area is 126 Å². The van der Waals surface area contributed by atoms with Gasteiger partial charge in [0.1, 0.15) is 11.6 Å². The van der Waals surface area contributed by atoms with Crippen LogP contribution in [0.3, 0.4) is 0 Å². The summed E-state index contributed by atoms with van der Waals surface area (Å²) in [6, 6.07) is 9.04. The Morgan fingerprint density at radius 2 is 1.90 bits per heavy atom. The lowest BCUT2D eigenvalue weighted by Crippen LogP contribution is -2.06. The topological polar surface area (TPSA) is 26.3 Å². The summed E-state index contributed by atoms with van der Waals surface area (Å²) in [7, 11) is 1.44. The van der Waals surface area contributed by atoms with Crippen molar-refractivity contribution in [2.45, 2.75) is 6.42 Å². The van der Waals surface area contributed by atoms with Crippen LogP contribution in [0.2, 0.25) is 10.0 Å². The number of halogens is 3. The van der Waals surface area contributed by atoms with Crippen molar-refractivity contribution in [2.24, 2.45) is 0 Å². The van der Waals surface area contributed by atoms with E-state index in [-0.39, 0.29) is 17.8 Å². The molecule has 0 saturated carbocycles. The highest BCUT2D eigenvalue weighted by atomic mass is 35.5. The van der Waals surface area contributed by atoms with Gasteiger partial charge in [-0.1, -0.05) is 29.3 Å². The highest BCUT2D eigenvalue weighted by molar-refractivity contribution is 6.42. The maximum Gasteiger partial charge on any atom is 0.170 e. The first kappa shape index (κ1) is 14.8. The van der Waals surface area contributed by atoms with E-state index in [4.69, 9.17) is 27.9 Å². The largest absolute Gasteiger partial charge is 0.497 e. The predicted octanol–water partition coefficient (Wildman–Crippen LogP) is 4.57. The average Bonchev–Trinajstić information content (AvgIpc) is 2.42. The first-order chi connectivity index (χ1) is 9.51. The molecule has 0 N–H and O–H groups in total. The average molecular weight is 313 g/mol. The molecule has 0 aromatic heterocycles. The molecule has 2 rings (SSSR count). The molecule has 0 aliphatic rings. The fraction of sp³-hybridized carbons (Fsp3) is 0.133. The summed E-state index contributed by atoms with van der Waals surface area (Å²) in [6.07, 6.45) is 0.0557. The molecule has 0 bridgehead atoms. The van der Waals surface area contributed by atoms with Gasteiger partial charge < -0.3 is 4.74 Å². The number of Topliss-reactive ketones (excluding diaryl/α,β-unsaturated/α-hetero) is 1. The maximum atomic E-state index is 13.8. The minimum atomic E-state index is -0.602. The molecule has 0 amide bonds. The third-order valence-electron chi connectivity index (χ3n) is 2.83. The van der Waals surface area contributed by atoms with E-state index < -0.39 is 5.82 Å². The van der Waals surface area contributed by atoms with Crippen molar-refractivity contribution in [3.63, 3.8) is 0 Å². The van der Waals surface area contributed by atoms with Crippen LogP contribution in [0.1, 0.15) is 15.9 Å². The van der Waals surface area contributed by atoms with Gasteiger partial charge in [-0.2, -0.15) is 0 Å². The van der Waals surface area contributed by atoms with E-state index in [1.54, 1.807) is 24.3 Å². The van der Waals surface area contributed by atoms with Crippen molar-refractivity contribution >= 4 is 29.0 Å². The van der Waals surface area contributed by atoms with Gasteiger partial charge >= 0.3 is 0 Å². The van der Waals surface area contributed by atoms with Crippen LogP contribution in [0.25, 0.3) is 0 Å². The number of benzene rings is 2. The summed E-state index contributed by atoms with van der Waals surface area (Å²) in [5.41, 5.74) is 0.705. The molecule has 0 atom stereocenters. The van der Waals surface area contributed by atoms with Crippen molar-refractivity contribution < 1.29 is 13.9 Å². The van der Waals surface area contributed by atoms with Crippen LogP contribution in [0, 0.1) is 5.82 Å². The Morgan fingerprint density at radius 1 is 1.15 bits per heavy atom. The molecule has 5 heteroatoms. The number of methoxy groups -OCH3 is 1. The first-order valence-electron chi connectivity index (χ1n) is 5.82. The Balaban J connectivity index is 2.21. The second-order valence-corrected chi connectivity index (χ2v) is 5.01.